The second kappa shape index (κ2) is 5.94. The van der Waals surface area contributed by atoms with Gasteiger partial charge >= 0.3 is 0 Å². The predicted octanol–water partition coefficient (Wildman–Crippen LogP) is 2.62. The van der Waals surface area contributed by atoms with Gasteiger partial charge in [0.2, 0.25) is 5.89 Å². The molecule has 0 aliphatic carbocycles. The first-order chi connectivity index (χ1) is 9.81. The van der Waals surface area contributed by atoms with Crippen LogP contribution in [0.25, 0.3) is 0 Å². The van der Waals surface area contributed by atoms with E-state index in [1.165, 1.54) is 25.7 Å². The standard InChI is InChI=1S/C15H20N4O/c16-13-7-5-12(6-8-13)11-14-17-15(18-20-14)19-9-3-1-2-4-10-19/h5-8H,1-4,9-11,16H2. The zero-order chi connectivity index (χ0) is 13.8. The summed E-state index contributed by atoms with van der Waals surface area (Å²) in [4.78, 5) is 6.74. The summed E-state index contributed by atoms with van der Waals surface area (Å²) in [7, 11) is 0. The molecule has 1 saturated heterocycles. The van der Waals surface area contributed by atoms with E-state index in [0.29, 0.717) is 12.3 Å². The zero-order valence-electron chi connectivity index (χ0n) is 11.6. The molecule has 1 aliphatic heterocycles. The van der Waals surface area contributed by atoms with Gasteiger partial charge in [-0.3, -0.25) is 0 Å². The van der Waals surface area contributed by atoms with Crippen molar-refractivity contribution >= 4 is 11.6 Å². The molecule has 1 aromatic carbocycles. The molecule has 1 fully saturated rings. The number of hydrogen-bond donors (Lipinski definition) is 1. The van der Waals surface area contributed by atoms with E-state index in [4.69, 9.17) is 10.3 Å². The van der Waals surface area contributed by atoms with E-state index in [2.05, 4.69) is 15.0 Å². The van der Waals surface area contributed by atoms with Crippen LogP contribution in [0.4, 0.5) is 11.6 Å². The van der Waals surface area contributed by atoms with Crippen LogP contribution in [-0.4, -0.2) is 23.2 Å². The van der Waals surface area contributed by atoms with Gasteiger partial charge in [-0.25, -0.2) is 0 Å². The van der Waals surface area contributed by atoms with E-state index in [1.54, 1.807) is 0 Å². The minimum Gasteiger partial charge on any atom is -0.399 e. The molecule has 0 radical (unpaired) electrons. The van der Waals surface area contributed by atoms with Gasteiger partial charge in [-0.15, -0.1) is 0 Å². The van der Waals surface area contributed by atoms with E-state index in [9.17, 15) is 0 Å². The van der Waals surface area contributed by atoms with E-state index in [0.717, 1.165) is 30.3 Å². The fraction of sp³-hybridized carbons (Fsp3) is 0.467. The van der Waals surface area contributed by atoms with E-state index in [1.807, 2.05) is 24.3 Å². The van der Waals surface area contributed by atoms with E-state index >= 15 is 0 Å². The fourth-order valence-corrected chi connectivity index (χ4v) is 2.53. The van der Waals surface area contributed by atoms with E-state index < -0.39 is 0 Å². The third kappa shape index (κ3) is 3.10. The van der Waals surface area contributed by atoms with Gasteiger partial charge < -0.3 is 15.2 Å². The molecule has 0 saturated carbocycles. The van der Waals surface area contributed by atoms with Crippen LogP contribution < -0.4 is 10.6 Å². The Morgan fingerprint density at radius 1 is 1.05 bits per heavy atom. The molecule has 2 heterocycles. The Bertz CT molecular complexity index is 541. The zero-order valence-corrected chi connectivity index (χ0v) is 11.6. The Morgan fingerprint density at radius 3 is 2.45 bits per heavy atom. The van der Waals surface area contributed by atoms with Crippen molar-refractivity contribution in [2.45, 2.75) is 32.1 Å². The number of nitrogens with two attached hydrogens (primary N) is 1. The maximum Gasteiger partial charge on any atom is 0.266 e. The van der Waals surface area contributed by atoms with E-state index in [-0.39, 0.29) is 0 Å². The highest BCUT2D eigenvalue weighted by atomic mass is 16.5. The fourth-order valence-electron chi connectivity index (χ4n) is 2.53. The first-order valence-corrected chi connectivity index (χ1v) is 7.23. The maximum absolute atomic E-state index is 5.68. The SMILES string of the molecule is Nc1ccc(Cc2nc(N3CCCCCC3)no2)cc1. The van der Waals surface area contributed by atoms with Crippen molar-refractivity contribution in [1.82, 2.24) is 10.1 Å². The van der Waals surface area contributed by atoms with Crippen molar-refractivity contribution in [3.05, 3.63) is 35.7 Å². The summed E-state index contributed by atoms with van der Waals surface area (Å²) in [6.07, 6.45) is 5.67. The summed E-state index contributed by atoms with van der Waals surface area (Å²) in [5.74, 6) is 1.39. The Labute approximate surface area is 118 Å². The highest BCUT2D eigenvalue weighted by molar-refractivity contribution is 5.40. The van der Waals surface area contributed by atoms with Crippen LogP contribution in [0.2, 0.25) is 0 Å². The van der Waals surface area contributed by atoms with Gasteiger partial charge in [-0.2, -0.15) is 4.98 Å². The van der Waals surface area contributed by atoms with Crippen molar-refractivity contribution in [3.8, 4) is 0 Å². The molecule has 1 aromatic heterocycles. The molecule has 0 atom stereocenters. The smallest absolute Gasteiger partial charge is 0.266 e. The lowest BCUT2D eigenvalue weighted by Gasteiger charge is -2.16. The van der Waals surface area contributed by atoms with Crippen LogP contribution in [0.15, 0.2) is 28.8 Å². The van der Waals surface area contributed by atoms with Crippen LogP contribution >= 0.6 is 0 Å². The number of benzene rings is 1. The molecule has 0 spiro atoms. The Balaban J connectivity index is 1.68. The summed E-state index contributed by atoms with van der Waals surface area (Å²) in [6.45, 7) is 2.06. The summed E-state index contributed by atoms with van der Waals surface area (Å²) < 4.78 is 5.36. The average Bonchev–Trinajstić information content (AvgIpc) is 2.74. The molecule has 2 aromatic rings. The number of anilines is 2. The van der Waals surface area contributed by atoms with Gasteiger partial charge in [-0.05, 0) is 35.7 Å². The van der Waals surface area contributed by atoms with Gasteiger partial charge in [-0.1, -0.05) is 25.0 Å². The lowest BCUT2D eigenvalue weighted by Crippen LogP contribution is -2.24. The molecule has 5 nitrogen and oxygen atoms in total. The number of aromatic nitrogens is 2. The molecule has 5 heteroatoms. The van der Waals surface area contributed by atoms with Gasteiger partial charge in [0.25, 0.3) is 5.95 Å². The van der Waals surface area contributed by atoms with Crippen LogP contribution in [0.1, 0.15) is 37.1 Å². The lowest BCUT2D eigenvalue weighted by molar-refractivity contribution is 0.384. The molecular formula is C15H20N4O. The summed E-state index contributed by atoms with van der Waals surface area (Å²) in [5.41, 5.74) is 7.58. The third-order valence-electron chi connectivity index (χ3n) is 3.68. The molecule has 20 heavy (non-hydrogen) atoms. The van der Waals surface area contributed by atoms with Gasteiger partial charge in [0.05, 0.1) is 6.42 Å². The van der Waals surface area contributed by atoms with Crippen molar-refractivity contribution in [2.75, 3.05) is 23.7 Å². The average molecular weight is 272 g/mol. The Morgan fingerprint density at radius 2 is 1.75 bits per heavy atom. The Kier molecular flexibility index (Phi) is 3.85. The van der Waals surface area contributed by atoms with Gasteiger partial charge in [0.1, 0.15) is 0 Å². The molecule has 0 bridgehead atoms. The summed E-state index contributed by atoms with van der Waals surface area (Å²) in [6, 6.07) is 7.76. The molecule has 2 N–H and O–H groups in total. The molecule has 106 valence electrons. The van der Waals surface area contributed by atoms with Crippen molar-refractivity contribution in [1.29, 1.82) is 0 Å². The summed E-state index contributed by atoms with van der Waals surface area (Å²) in [5, 5.41) is 4.11. The largest absolute Gasteiger partial charge is 0.399 e. The van der Waals surface area contributed by atoms with Crippen LogP contribution in [0.3, 0.4) is 0 Å². The van der Waals surface area contributed by atoms with Crippen molar-refractivity contribution < 1.29 is 4.52 Å². The monoisotopic (exact) mass is 272 g/mol. The normalized spacial score (nSPS) is 16.1. The summed E-state index contributed by atoms with van der Waals surface area (Å²) >= 11 is 0. The minimum atomic E-state index is 0.654. The first-order valence-electron chi connectivity index (χ1n) is 7.23. The second-order valence-electron chi connectivity index (χ2n) is 5.31. The molecule has 1 aliphatic rings. The highest BCUT2D eigenvalue weighted by Crippen LogP contribution is 2.17. The first kappa shape index (κ1) is 13.0. The van der Waals surface area contributed by atoms with Crippen LogP contribution in [-0.2, 0) is 6.42 Å². The van der Waals surface area contributed by atoms with Crippen molar-refractivity contribution in [3.63, 3.8) is 0 Å². The molecule has 3 rings (SSSR count). The number of nitrogens with zero attached hydrogens (tertiary/aromatic N) is 3. The number of rotatable bonds is 3. The number of hydrogen-bond acceptors (Lipinski definition) is 5. The topological polar surface area (TPSA) is 68.2 Å². The molecule has 0 unspecified atom stereocenters. The lowest BCUT2D eigenvalue weighted by atomic mass is 10.1. The predicted molar refractivity (Wildman–Crippen MR) is 78.6 cm³/mol. The van der Waals surface area contributed by atoms with Crippen molar-refractivity contribution in [2.24, 2.45) is 0 Å². The quantitative estimate of drug-likeness (QED) is 0.870. The molecular weight excluding hydrogens is 252 g/mol. The third-order valence-corrected chi connectivity index (χ3v) is 3.68. The highest BCUT2D eigenvalue weighted by Gasteiger charge is 2.16. The molecule has 0 amide bonds. The van der Waals surface area contributed by atoms with Crippen LogP contribution in [0.5, 0.6) is 0 Å². The van der Waals surface area contributed by atoms with Crippen LogP contribution in [0, 0.1) is 0 Å². The van der Waals surface area contributed by atoms with Gasteiger partial charge in [0, 0.05) is 18.8 Å². The minimum absolute atomic E-state index is 0.654. The van der Waals surface area contributed by atoms with Gasteiger partial charge in [0.15, 0.2) is 0 Å². The Hall–Kier alpha value is -2.04. The number of nitrogen functional groups attached to an aromatic ring is 1. The second-order valence-corrected chi connectivity index (χ2v) is 5.31. The maximum atomic E-state index is 5.68.